The van der Waals surface area contributed by atoms with Crippen LogP contribution in [-0.2, 0) is 3.07 Å². The van der Waals surface area contributed by atoms with E-state index >= 15 is 0 Å². The van der Waals surface area contributed by atoms with Crippen LogP contribution in [0.25, 0.3) is 16.6 Å². The number of hydrogen-bond acceptors (Lipinski definition) is 5. The molecular formula is C27H33IN2O4. The Hall–Kier alpha value is -2.41. The zero-order chi connectivity index (χ0) is 25.6. The van der Waals surface area contributed by atoms with Gasteiger partial charge in [0.1, 0.15) is 41.1 Å². The first-order chi connectivity index (χ1) is 15.9. The highest BCUT2D eigenvalue weighted by atomic mass is 127. The number of nitrogens with zero attached hydrogens (tertiary/aromatic N) is 2. The molecule has 0 amide bonds. The van der Waals surface area contributed by atoms with E-state index in [0.717, 1.165) is 33.6 Å². The van der Waals surface area contributed by atoms with Gasteiger partial charge < -0.3 is 17.5 Å². The molecule has 0 aliphatic heterocycles. The highest BCUT2D eigenvalue weighted by molar-refractivity contribution is 14.1. The molecule has 7 heteroatoms. The highest BCUT2D eigenvalue weighted by Gasteiger charge is 2.18. The van der Waals surface area contributed by atoms with E-state index in [1.54, 1.807) is 41.3 Å². The van der Waals surface area contributed by atoms with E-state index in [4.69, 9.17) is 7.80 Å². The fourth-order valence-electron chi connectivity index (χ4n) is 3.35. The number of hydrogen-bond donors (Lipinski definition) is 1. The standard InChI is InChI=1S/C27H33IN2O4/c1-9-21(10-11-27(6,7)8)12-17(2)20(5)30-19(4)13-23(32)24-25(30)18(3)14-29-26(24)33-15-22(31)16-34-28/h9,12-14,22,31H,1,15-16H2,2-8H3/b20-17+,21-12+. The number of halogens is 1. The lowest BCUT2D eigenvalue weighted by Crippen LogP contribution is -2.23. The number of aromatic nitrogens is 2. The average molecular weight is 576 g/mol. The molecule has 0 saturated carbocycles. The van der Waals surface area contributed by atoms with Gasteiger partial charge in [-0.15, -0.1) is 0 Å². The van der Waals surface area contributed by atoms with Crippen molar-refractivity contribution in [2.24, 2.45) is 5.41 Å². The SMILES string of the molecule is C=C/C(C#CC(C)(C)C)=C\C(C)=C(/C)n1c(C)cc(=O)c2c(OCC(O)COI)ncc(C)c21. The van der Waals surface area contributed by atoms with Gasteiger partial charge in [-0.05, 0) is 65.7 Å². The molecule has 0 aliphatic rings. The number of aliphatic hydroxyl groups is 1. The van der Waals surface area contributed by atoms with Crippen LogP contribution in [-0.4, -0.2) is 34.0 Å². The van der Waals surface area contributed by atoms with Crippen LogP contribution in [0.1, 0.15) is 45.9 Å². The zero-order valence-electron chi connectivity index (χ0n) is 21.0. The Balaban J connectivity index is 2.71. The first-order valence-electron chi connectivity index (χ1n) is 11.0. The van der Waals surface area contributed by atoms with Crippen LogP contribution in [0.3, 0.4) is 0 Å². The summed E-state index contributed by atoms with van der Waals surface area (Å²) < 4.78 is 12.7. The lowest BCUT2D eigenvalue weighted by Gasteiger charge is -2.20. The molecule has 0 saturated heterocycles. The number of ether oxygens (including phenoxy) is 1. The van der Waals surface area contributed by atoms with Gasteiger partial charge in [0.15, 0.2) is 5.43 Å². The third kappa shape index (κ3) is 7.05. The van der Waals surface area contributed by atoms with Crippen LogP contribution in [0.5, 0.6) is 5.88 Å². The van der Waals surface area contributed by atoms with Crippen LogP contribution in [0.15, 0.2) is 46.9 Å². The van der Waals surface area contributed by atoms with Gasteiger partial charge in [0.2, 0.25) is 5.88 Å². The predicted molar refractivity (Wildman–Crippen MR) is 147 cm³/mol. The molecule has 2 rings (SSSR count). The van der Waals surface area contributed by atoms with Gasteiger partial charge in [-0.1, -0.05) is 24.5 Å². The molecule has 0 radical (unpaired) electrons. The Morgan fingerprint density at radius 1 is 1.32 bits per heavy atom. The van der Waals surface area contributed by atoms with Crippen molar-refractivity contribution in [1.29, 1.82) is 0 Å². The molecule has 0 aliphatic carbocycles. The maximum Gasteiger partial charge on any atom is 0.227 e. The maximum absolute atomic E-state index is 13.0. The van der Waals surface area contributed by atoms with Crippen molar-refractivity contribution in [3.8, 4) is 17.7 Å². The summed E-state index contributed by atoms with van der Waals surface area (Å²) in [7, 11) is 0. The van der Waals surface area contributed by atoms with Crippen LogP contribution < -0.4 is 10.2 Å². The highest BCUT2D eigenvalue weighted by Crippen LogP contribution is 2.28. The molecule has 1 unspecified atom stereocenters. The molecule has 0 bridgehead atoms. The number of aliphatic hydroxyl groups excluding tert-OH is 1. The third-order valence-electron chi connectivity index (χ3n) is 5.11. The molecular weight excluding hydrogens is 543 g/mol. The topological polar surface area (TPSA) is 73.6 Å². The van der Waals surface area contributed by atoms with Gasteiger partial charge in [0.25, 0.3) is 0 Å². The molecule has 0 fully saturated rings. The smallest absolute Gasteiger partial charge is 0.227 e. The van der Waals surface area contributed by atoms with Crippen LogP contribution in [0, 0.1) is 31.1 Å². The van der Waals surface area contributed by atoms with E-state index in [2.05, 4.69) is 44.2 Å². The molecule has 2 aromatic heterocycles. The number of rotatable bonds is 8. The second-order valence-corrected chi connectivity index (χ2v) is 9.89. The van der Waals surface area contributed by atoms with Crippen molar-refractivity contribution in [3.05, 3.63) is 63.6 Å². The zero-order valence-corrected chi connectivity index (χ0v) is 23.1. The monoisotopic (exact) mass is 576 g/mol. The quantitative estimate of drug-likeness (QED) is 0.254. The fraction of sp³-hybridized carbons (Fsp3) is 0.407. The molecule has 2 heterocycles. The van der Waals surface area contributed by atoms with Gasteiger partial charge in [0, 0.05) is 34.6 Å². The summed E-state index contributed by atoms with van der Waals surface area (Å²) in [5.74, 6) is 6.63. The minimum Gasteiger partial charge on any atom is -0.474 e. The van der Waals surface area contributed by atoms with Crippen molar-refractivity contribution in [1.82, 2.24) is 9.55 Å². The normalized spacial score (nSPS) is 13.7. The summed E-state index contributed by atoms with van der Waals surface area (Å²) >= 11 is 1.71. The molecule has 34 heavy (non-hydrogen) atoms. The molecule has 0 aromatic carbocycles. The van der Waals surface area contributed by atoms with Gasteiger partial charge in [-0.2, -0.15) is 0 Å². The van der Waals surface area contributed by atoms with Crippen molar-refractivity contribution in [3.63, 3.8) is 0 Å². The van der Waals surface area contributed by atoms with Crippen LogP contribution in [0.4, 0.5) is 0 Å². The van der Waals surface area contributed by atoms with E-state index in [0.29, 0.717) is 5.39 Å². The second kappa shape index (κ2) is 11.8. The minimum atomic E-state index is -0.830. The largest absolute Gasteiger partial charge is 0.474 e. The van der Waals surface area contributed by atoms with E-state index in [1.807, 2.05) is 38.3 Å². The van der Waals surface area contributed by atoms with Crippen LogP contribution >= 0.6 is 23.0 Å². The van der Waals surface area contributed by atoms with Crippen molar-refractivity contribution < 1.29 is 12.9 Å². The van der Waals surface area contributed by atoms with Gasteiger partial charge in [0.05, 0.1) is 12.1 Å². The lowest BCUT2D eigenvalue weighted by atomic mass is 9.97. The lowest BCUT2D eigenvalue weighted by molar-refractivity contribution is 0.0756. The Morgan fingerprint density at radius 2 is 2.00 bits per heavy atom. The Labute approximate surface area is 216 Å². The van der Waals surface area contributed by atoms with Gasteiger partial charge in [-0.25, -0.2) is 4.98 Å². The first kappa shape index (κ1) is 27.8. The summed E-state index contributed by atoms with van der Waals surface area (Å²) in [6, 6.07) is 1.58. The number of pyridine rings is 2. The molecule has 0 spiro atoms. The molecule has 182 valence electrons. The van der Waals surface area contributed by atoms with Crippen LogP contribution in [0.2, 0.25) is 0 Å². The second-order valence-electron chi connectivity index (χ2n) is 9.27. The molecule has 1 atom stereocenters. The number of fused-ring (bicyclic) bond motifs is 1. The predicted octanol–water partition coefficient (Wildman–Crippen LogP) is 5.53. The third-order valence-corrected chi connectivity index (χ3v) is 5.47. The van der Waals surface area contributed by atoms with Crippen molar-refractivity contribution in [2.45, 2.75) is 54.6 Å². The maximum atomic E-state index is 13.0. The molecule has 6 nitrogen and oxygen atoms in total. The number of allylic oxidation sites excluding steroid dienone is 5. The molecule has 2 aromatic rings. The summed E-state index contributed by atoms with van der Waals surface area (Å²) in [4.78, 5) is 17.3. The first-order valence-corrected chi connectivity index (χ1v) is 11.9. The van der Waals surface area contributed by atoms with Gasteiger partial charge >= 0.3 is 0 Å². The van der Waals surface area contributed by atoms with Crippen molar-refractivity contribution >= 4 is 39.6 Å². The van der Waals surface area contributed by atoms with Gasteiger partial charge in [-0.3, -0.25) is 4.79 Å². The summed E-state index contributed by atoms with van der Waals surface area (Å²) in [5.41, 5.74) is 4.81. The van der Waals surface area contributed by atoms with Crippen molar-refractivity contribution in [2.75, 3.05) is 13.2 Å². The Kier molecular flexibility index (Phi) is 9.68. The van der Waals surface area contributed by atoms with E-state index < -0.39 is 6.10 Å². The van der Waals surface area contributed by atoms with E-state index in [9.17, 15) is 9.90 Å². The van der Waals surface area contributed by atoms with E-state index in [1.165, 1.54) is 0 Å². The summed E-state index contributed by atoms with van der Waals surface area (Å²) in [5, 5.41) is 10.3. The summed E-state index contributed by atoms with van der Waals surface area (Å²) in [6.07, 6.45) is 4.59. The minimum absolute atomic E-state index is 0.0345. The van der Waals surface area contributed by atoms with E-state index in [-0.39, 0.29) is 29.9 Å². The molecule has 1 N–H and O–H groups in total. The fourth-order valence-corrected chi connectivity index (χ4v) is 3.77. The average Bonchev–Trinajstić information content (AvgIpc) is 2.75. The Bertz CT molecular complexity index is 1250. The Morgan fingerprint density at radius 3 is 2.59 bits per heavy atom. The number of aryl methyl sites for hydroxylation is 2. The summed E-state index contributed by atoms with van der Waals surface area (Å²) in [6.45, 7) is 18.0.